The van der Waals surface area contributed by atoms with Crippen LogP contribution in [0.4, 0.5) is 0 Å². The molecule has 1 N–H and O–H groups in total. The van der Waals surface area contributed by atoms with Crippen molar-refractivity contribution < 1.29 is 9.84 Å². The molecule has 102 valence electrons. The summed E-state index contributed by atoms with van der Waals surface area (Å²) in [6.45, 7) is 5.68. The normalized spacial score (nSPS) is 11.8. The topological polar surface area (TPSA) is 53.2 Å². The van der Waals surface area contributed by atoms with Crippen LogP contribution in [-0.4, -0.2) is 5.11 Å². The van der Waals surface area contributed by atoms with Crippen LogP contribution >= 0.6 is 0 Å². The molecule has 0 unspecified atom stereocenters. The minimum absolute atomic E-state index is 0.509. The second-order valence-electron chi connectivity index (χ2n) is 4.84. The van der Waals surface area contributed by atoms with E-state index >= 15 is 0 Å². The first-order chi connectivity index (χ1) is 9.52. The third-order valence-corrected chi connectivity index (χ3v) is 3.37. The zero-order chi connectivity index (χ0) is 14.7. The first kappa shape index (κ1) is 14.1. The van der Waals surface area contributed by atoms with Gasteiger partial charge in [-0.2, -0.15) is 5.26 Å². The van der Waals surface area contributed by atoms with Gasteiger partial charge in [0.1, 0.15) is 11.5 Å². The van der Waals surface area contributed by atoms with Crippen LogP contribution in [0.1, 0.15) is 35.3 Å². The van der Waals surface area contributed by atoms with E-state index < -0.39 is 6.10 Å². The first-order valence-electron chi connectivity index (χ1n) is 6.49. The summed E-state index contributed by atoms with van der Waals surface area (Å²) in [4.78, 5) is 0. The van der Waals surface area contributed by atoms with Gasteiger partial charge in [-0.15, -0.1) is 0 Å². The molecule has 0 amide bonds. The summed E-state index contributed by atoms with van der Waals surface area (Å²) in [7, 11) is 0. The number of aliphatic hydroxyl groups excluding tert-OH is 1. The minimum atomic E-state index is -0.650. The number of ether oxygens (including phenoxy) is 1. The van der Waals surface area contributed by atoms with Crippen LogP contribution in [0.2, 0.25) is 0 Å². The van der Waals surface area contributed by atoms with Gasteiger partial charge in [0.15, 0.2) is 0 Å². The molecule has 2 aromatic carbocycles. The van der Waals surface area contributed by atoms with Crippen LogP contribution in [0.15, 0.2) is 36.4 Å². The summed E-state index contributed by atoms with van der Waals surface area (Å²) in [6.07, 6.45) is -0.650. The van der Waals surface area contributed by atoms with Crippen LogP contribution < -0.4 is 4.74 Å². The number of rotatable bonds is 3. The molecular weight excluding hydrogens is 250 g/mol. The number of benzene rings is 2. The highest BCUT2D eigenvalue weighted by atomic mass is 16.5. The van der Waals surface area contributed by atoms with Gasteiger partial charge in [-0.1, -0.05) is 18.2 Å². The molecule has 2 aromatic rings. The third kappa shape index (κ3) is 2.81. The Hall–Kier alpha value is -2.31. The number of nitrogens with zero attached hydrogens (tertiary/aromatic N) is 1. The van der Waals surface area contributed by atoms with Gasteiger partial charge in [-0.3, -0.25) is 0 Å². The molecule has 0 saturated carbocycles. The van der Waals surface area contributed by atoms with E-state index in [0.29, 0.717) is 16.9 Å². The predicted molar refractivity (Wildman–Crippen MR) is 77.8 cm³/mol. The molecule has 0 aromatic heterocycles. The van der Waals surface area contributed by atoms with Gasteiger partial charge in [0, 0.05) is 5.56 Å². The van der Waals surface area contributed by atoms with E-state index in [1.807, 2.05) is 32.0 Å². The Bertz CT molecular complexity index is 669. The van der Waals surface area contributed by atoms with Crippen molar-refractivity contribution in [2.75, 3.05) is 0 Å². The second kappa shape index (κ2) is 5.77. The molecule has 0 spiro atoms. The molecular formula is C17H17NO2. The molecule has 0 heterocycles. The molecule has 0 aliphatic heterocycles. The smallest absolute Gasteiger partial charge is 0.134 e. The Morgan fingerprint density at radius 1 is 1.15 bits per heavy atom. The van der Waals surface area contributed by atoms with Crippen LogP contribution in [0.25, 0.3) is 0 Å². The van der Waals surface area contributed by atoms with Gasteiger partial charge in [0.2, 0.25) is 0 Å². The molecule has 0 aliphatic carbocycles. The molecule has 0 saturated heterocycles. The third-order valence-electron chi connectivity index (χ3n) is 3.37. The SMILES string of the molecule is Cc1cccc(Oc2cc(C#N)ccc2[C@@H](C)O)c1C. The monoisotopic (exact) mass is 267 g/mol. The summed E-state index contributed by atoms with van der Waals surface area (Å²) in [5, 5.41) is 18.8. The van der Waals surface area contributed by atoms with E-state index in [0.717, 1.165) is 16.9 Å². The Morgan fingerprint density at radius 3 is 2.55 bits per heavy atom. The number of aliphatic hydroxyl groups is 1. The highest BCUT2D eigenvalue weighted by molar-refractivity contribution is 5.47. The quantitative estimate of drug-likeness (QED) is 0.913. The van der Waals surface area contributed by atoms with Gasteiger partial charge in [-0.25, -0.2) is 0 Å². The number of hydrogen-bond acceptors (Lipinski definition) is 3. The standard InChI is InChI=1S/C17H17NO2/c1-11-5-4-6-16(12(11)2)20-17-9-14(10-18)7-8-15(17)13(3)19/h4-9,13,19H,1-3H3/t13-/m1/s1. The average molecular weight is 267 g/mol. The summed E-state index contributed by atoms with van der Waals surface area (Å²) < 4.78 is 5.91. The van der Waals surface area contributed by atoms with Crippen LogP contribution in [0, 0.1) is 25.2 Å². The lowest BCUT2D eigenvalue weighted by molar-refractivity contribution is 0.195. The first-order valence-corrected chi connectivity index (χ1v) is 6.49. The molecule has 0 radical (unpaired) electrons. The largest absolute Gasteiger partial charge is 0.457 e. The van der Waals surface area contributed by atoms with Crippen molar-refractivity contribution in [3.8, 4) is 17.6 Å². The summed E-state index contributed by atoms with van der Waals surface area (Å²) in [6, 6.07) is 13.0. The number of nitriles is 1. The van der Waals surface area contributed by atoms with E-state index in [1.165, 1.54) is 0 Å². The van der Waals surface area contributed by atoms with E-state index in [1.54, 1.807) is 25.1 Å². The maximum Gasteiger partial charge on any atom is 0.134 e. The molecule has 3 nitrogen and oxygen atoms in total. The van der Waals surface area contributed by atoms with Crippen LogP contribution in [0.5, 0.6) is 11.5 Å². The Labute approximate surface area is 119 Å². The average Bonchev–Trinajstić information content (AvgIpc) is 2.43. The molecule has 20 heavy (non-hydrogen) atoms. The maximum absolute atomic E-state index is 9.81. The van der Waals surface area contributed by atoms with Crippen LogP contribution in [0.3, 0.4) is 0 Å². The molecule has 0 fully saturated rings. The van der Waals surface area contributed by atoms with Crippen molar-refractivity contribution in [3.63, 3.8) is 0 Å². The lowest BCUT2D eigenvalue weighted by Gasteiger charge is -2.15. The van der Waals surface area contributed by atoms with Gasteiger partial charge in [0.25, 0.3) is 0 Å². The van der Waals surface area contributed by atoms with Gasteiger partial charge in [0.05, 0.1) is 17.7 Å². The lowest BCUT2D eigenvalue weighted by atomic mass is 10.1. The van der Waals surface area contributed by atoms with Crippen molar-refractivity contribution in [1.82, 2.24) is 0 Å². The highest BCUT2D eigenvalue weighted by Crippen LogP contribution is 2.32. The Morgan fingerprint density at radius 2 is 1.90 bits per heavy atom. The van der Waals surface area contributed by atoms with Crippen molar-refractivity contribution in [2.24, 2.45) is 0 Å². The second-order valence-corrected chi connectivity index (χ2v) is 4.84. The van der Waals surface area contributed by atoms with Crippen molar-refractivity contribution in [2.45, 2.75) is 26.9 Å². The molecule has 0 aliphatic rings. The van der Waals surface area contributed by atoms with Crippen molar-refractivity contribution in [3.05, 3.63) is 58.7 Å². The Kier molecular flexibility index (Phi) is 4.07. The summed E-state index contributed by atoms with van der Waals surface area (Å²) in [5.74, 6) is 1.26. The fraction of sp³-hybridized carbons (Fsp3) is 0.235. The number of aryl methyl sites for hydroxylation is 1. The van der Waals surface area contributed by atoms with E-state index in [9.17, 15) is 5.11 Å². The summed E-state index contributed by atoms with van der Waals surface area (Å²) in [5.41, 5.74) is 3.36. The zero-order valence-electron chi connectivity index (χ0n) is 11.8. The highest BCUT2D eigenvalue weighted by Gasteiger charge is 2.12. The van der Waals surface area contributed by atoms with Gasteiger partial charge >= 0.3 is 0 Å². The molecule has 0 bridgehead atoms. The van der Waals surface area contributed by atoms with Gasteiger partial charge in [-0.05, 0) is 50.1 Å². The fourth-order valence-electron chi connectivity index (χ4n) is 1.99. The van der Waals surface area contributed by atoms with E-state index in [2.05, 4.69) is 6.07 Å². The fourth-order valence-corrected chi connectivity index (χ4v) is 1.99. The van der Waals surface area contributed by atoms with Crippen LogP contribution in [-0.2, 0) is 0 Å². The molecule has 3 heteroatoms. The molecule has 1 atom stereocenters. The van der Waals surface area contributed by atoms with Crippen molar-refractivity contribution in [1.29, 1.82) is 5.26 Å². The number of hydrogen-bond donors (Lipinski definition) is 1. The Balaban J connectivity index is 2.46. The van der Waals surface area contributed by atoms with E-state index in [-0.39, 0.29) is 0 Å². The predicted octanol–water partition coefficient (Wildman–Crippen LogP) is 4.02. The van der Waals surface area contributed by atoms with Crippen molar-refractivity contribution >= 4 is 0 Å². The van der Waals surface area contributed by atoms with Gasteiger partial charge < -0.3 is 9.84 Å². The lowest BCUT2D eigenvalue weighted by Crippen LogP contribution is -1.98. The molecule has 2 rings (SSSR count). The van der Waals surface area contributed by atoms with E-state index in [4.69, 9.17) is 10.00 Å². The zero-order valence-corrected chi connectivity index (χ0v) is 11.8. The maximum atomic E-state index is 9.81. The summed E-state index contributed by atoms with van der Waals surface area (Å²) >= 11 is 0. The minimum Gasteiger partial charge on any atom is -0.457 e.